The van der Waals surface area contributed by atoms with Crippen LogP contribution in [0.15, 0.2) is 5.16 Å². The van der Waals surface area contributed by atoms with Crippen LogP contribution >= 0.6 is 11.8 Å². The summed E-state index contributed by atoms with van der Waals surface area (Å²) in [5.74, 6) is 1.52. The van der Waals surface area contributed by atoms with Crippen LogP contribution in [-0.2, 0) is 11.3 Å². The van der Waals surface area contributed by atoms with E-state index in [-0.39, 0.29) is 0 Å². The number of thioether (sulfide) groups is 1. The maximum atomic E-state index is 5.70. The largest absolute Gasteiger partial charge is 0.377 e. The maximum absolute atomic E-state index is 5.70. The van der Waals surface area contributed by atoms with Gasteiger partial charge in [-0.15, -0.1) is 5.10 Å². The van der Waals surface area contributed by atoms with Crippen molar-refractivity contribution >= 4 is 11.8 Å². The molecule has 0 radical (unpaired) electrons. The van der Waals surface area contributed by atoms with Crippen molar-refractivity contribution in [1.29, 1.82) is 0 Å². The van der Waals surface area contributed by atoms with Crippen molar-refractivity contribution in [2.75, 3.05) is 12.4 Å². The minimum atomic E-state index is 0.373. The first kappa shape index (κ1) is 12.8. The minimum absolute atomic E-state index is 0.373. The fourth-order valence-corrected chi connectivity index (χ4v) is 2.82. The lowest BCUT2D eigenvalue weighted by molar-refractivity contribution is 0.0315. The second-order valence-electron chi connectivity index (χ2n) is 4.84. The van der Waals surface area contributed by atoms with Crippen LogP contribution < -0.4 is 0 Å². The van der Waals surface area contributed by atoms with Gasteiger partial charge in [-0.3, -0.25) is 0 Å². The SMILES string of the molecule is CC(C)Cn1nnnc1SC[C@H]1CCCCO1. The van der Waals surface area contributed by atoms with Crippen molar-refractivity contribution < 1.29 is 4.74 Å². The van der Waals surface area contributed by atoms with E-state index in [1.165, 1.54) is 19.3 Å². The maximum Gasteiger partial charge on any atom is 0.209 e. The molecule has 0 aliphatic carbocycles. The van der Waals surface area contributed by atoms with Crippen molar-refractivity contribution in [2.24, 2.45) is 5.92 Å². The Labute approximate surface area is 106 Å². The van der Waals surface area contributed by atoms with Gasteiger partial charge in [0, 0.05) is 18.9 Å². The van der Waals surface area contributed by atoms with Gasteiger partial charge in [0.05, 0.1) is 6.10 Å². The number of rotatable bonds is 5. The molecule has 1 aromatic heterocycles. The van der Waals surface area contributed by atoms with Gasteiger partial charge in [-0.05, 0) is 35.6 Å². The molecule has 0 saturated carbocycles. The van der Waals surface area contributed by atoms with Crippen molar-refractivity contribution in [3.8, 4) is 0 Å². The molecule has 0 amide bonds. The molecular weight excluding hydrogens is 236 g/mol. The highest BCUT2D eigenvalue weighted by Gasteiger charge is 2.16. The molecule has 6 heteroatoms. The Hall–Kier alpha value is -0.620. The first-order chi connectivity index (χ1) is 8.25. The van der Waals surface area contributed by atoms with Crippen LogP contribution in [-0.4, -0.2) is 38.7 Å². The molecule has 1 fully saturated rings. The van der Waals surface area contributed by atoms with Crippen LogP contribution in [0.2, 0.25) is 0 Å². The van der Waals surface area contributed by atoms with Gasteiger partial charge in [0.15, 0.2) is 0 Å². The molecule has 1 saturated heterocycles. The molecule has 0 spiro atoms. The highest BCUT2D eigenvalue weighted by atomic mass is 32.2. The van der Waals surface area contributed by atoms with Crippen LogP contribution in [0.4, 0.5) is 0 Å². The Balaban J connectivity index is 1.83. The van der Waals surface area contributed by atoms with Gasteiger partial charge < -0.3 is 4.74 Å². The molecule has 0 N–H and O–H groups in total. The van der Waals surface area contributed by atoms with E-state index in [1.54, 1.807) is 11.8 Å². The summed E-state index contributed by atoms with van der Waals surface area (Å²) in [7, 11) is 0. The molecular formula is C11H20N4OS. The summed E-state index contributed by atoms with van der Waals surface area (Å²) in [6, 6.07) is 0. The average molecular weight is 256 g/mol. The summed E-state index contributed by atoms with van der Waals surface area (Å²) in [6.45, 7) is 6.11. The van der Waals surface area contributed by atoms with E-state index >= 15 is 0 Å². The van der Waals surface area contributed by atoms with E-state index in [0.29, 0.717) is 12.0 Å². The van der Waals surface area contributed by atoms with Gasteiger partial charge in [-0.2, -0.15) is 0 Å². The van der Waals surface area contributed by atoms with Crippen molar-refractivity contribution in [1.82, 2.24) is 20.2 Å². The monoisotopic (exact) mass is 256 g/mol. The summed E-state index contributed by atoms with van der Waals surface area (Å²) in [4.78, 5) is 0. The standard InChI is InChI=1S/C11H20N4OS/c1-9(2)7-15-11(12-13-14-15)17-8-10-5-3-4-6-16-10/h9-10H,3-8H2,1-2H3/t10-/m1/s1. The number of hydrogen-bond acceptors (Lipinski definition) is 5. The number of nitrogens with zero attached hydrogens (tertiary/aromatic N) is 4. The Morgan fingerprint density at radius 3 is 3.06 bits per heavy atom. The minimum Gasteiger partial charge on any atom is -0.377 e. The molecule has 1 aromatic rings. The van der Waals surface area contributed by atoms with Gasteiger partial charge in [0.2, 0.25) is 5.16 Å². The zero-order valence-corrected chi connectivity index (χ0v) is 11.3. The summed E-state index contributed by atoms with van der Waals surface area (Å²) < 4.78 is 7.59. The fraction of sp³-hybridized carbons (Fsp3) is 0.909. The van der Waals surface area contributed by atoms with Crippen LogP contribution in [0.1, 0.15) is 33.1 Å². The second-order valence-corrected chi connectivity index (χ2v) is 5.82. The third-order valence-electron chi connectivity index (χ3n) is 2.71. The third kappa shape index (κ3) is 3.96. The van der Waals surface area contributed by atoms with E-state index in [1.807, 2.05) is 4.68 Å². The highest BCUT2D eigenvalue weighted by molar-refractivity contribution is 7.99. The Morgan fingerprint density at radius 2 is 2.35 bits per heavy atom. The Bertz CT molecular complexity index is 336. The van der Waals surface area contributed by atoms with E-state index < -0.39 is 0 Å². The predicted molar refractivity (Wildman–Crippen MR) is 67.0 cm³/mol. The van der Waals surface area contributed by atoms with Crippen LogP contribution in [0, 0.1) is 5.92 Å². The molecule has 17 heavy (non-hydrogen) atoms. The highest BCUT2D eigenvalue weighted by Crippen LogP contribution is 2.21. The first-order valence-corrected chi connectivity index (χ1v) is 7.25. The first-order valence-electron chi connectivity index (χ1n) is 6.26. The van der Waals surface area contributed by atoms with Gasteiger partial charge >= 0.3 is 0 Å². The van der Waals surface area contributed by atoms with E-state index in [4.69, 9.17) is 4.74 Å². The fourth-order valence-electron chi connectivity index (χ4n) is 1.87. The third-order valence-corrected chi connectivity index (χ3v) is 3.80. The molecule has 1 aliphatic rings. The molecule has 1 atom stereocenters. The number of aromatic nitrogens is 4. The summed E-state index contributed by atoms with van der Waals surface area (Å²) in [6.07, 6.45) is 4.02. The van der Waals surface area contributed by atoms with Gasteiger partial charge in [-0.1, -0.05) is 25.6 Å². The predicted octanol–water partition coefficient (Wildman–Crippen LogP) is 1.99. The van der Waals surface area contributed by atoms with Crippen molar-refractivity contribution in [3.05, 3.63) is 0 Å². The van der Waals surface area contributed by atoms with E-state index in [0.717, 1.165) is 24.1 Å². The number of ether oxygens (including phenoxy) is 1. The molecule has 0 unspecified atom stereocenters. The lowest BCUT2D eigenvalue weighted by Crippen LogP contribution is -2.21. The summed E-state index contributed by atoms with van der Waals surface area (Å²) in [5, 5.41) is 12.7. The lowest BCUT2D eigenvalue weighted by atomic mass is 10.1. The molecule has 0 aromatic carbocycles. The summed E-state index contributed by atoms with van der Waals surface area (Å²) >= 11 is 1.70. The van der Waals surface area contributed by atoms with Gasteiger partial charge in [0.1, 0.15) is 0 Å². The van der Waals surface area contributed by atoms with Gasteiger partial charge in [-0.25, -0.2) is 4.68 Å². The van der Waals surface area contributed by atoms with E-state index in [2.05, 4.69) is 29.4 Å². The van der Waals surface area contributed by atoms with Crippen LogP contribution in [0.25, 0.3) is 0 Å². The van der Waals surface area contributed by atoms with Crippen LogP contribution in [0.5, 0.6) is 0 Å². The van der Waals surface area contributed by atoms with E-state index in [9.17, 15) is 0 Å². The van der Waals surface area contributed by atoms with Crippen molar-refractivity contribution in [3.63, 3.8) is 0 Å². The Kier molecular flexibility index (Phi) is 4.79. The quantitative estimate of drug-likeness (QED) is 0.754. The zero-order valence-electron chi connectivity index (χ0n) is 10.5. The average Bonchev–Trinajstić information content (AvgIpc) is 2.74. The number of hydrogen-bond donors (Lipinski definition) is 0. The smallest absolute Gasteiger partial charge is 0.209 e. The molecule has 5 nitrogen and oxygen atoms in total. The molecule has 0 bridgehead atoms. The Morgan fingerprint density at radius 1 is 1.47 bits per heavy atom. The zero-order chi connectivity index (χ0) is 12.1. The molecule has 1 aliphatic heterocycles. The topological polar surface area (TPSA) is 52.8 Å². The van der Waals surface area contributed by atoms with Crippen molar-refractivity contribution in [2.45, 2.75) is 50.9 Å². The van der Waals surface area contributed by atoms with Gasteiger partial charge in [0.25, 0.3) is 0 Å². The van der Waals surface area contributed by atoms with Crippen LogP contribution in [0.3, 0.4) is 0 Å². The lowest BCUT2D eigenvalue weighted by Gasteiger charge is -2.21. The number of tetrazole rings is 1. The molecule has 96 valence electrons. The molecule has 2 heterocycles. The second kappa shape index (κ2) is 6.35. The summed E-state index contributed by atoms with van der Waals surface area (Å²) in [5.41, 5.74) is 0. The normalized spacial score (nSPS) is 21.0. The molecule has 2 rings (SSSR count).